The highest BCUT2D eigenvalue weighted by molar-refractivity contribution is 5.96. The van der Waals surface area contributed by atoms with E-state index in [9.17, 15) is 14.7 Å². The minimum Gasteiger partial charge on any atom is -0.446 e. The number of amides is 2. The molecule has 0 aliphatic rings. The van der Waals surface area contributed by atoms with E-state index in [0.717, 1.165) is 0 Å². The molecule has 0 saturated carbocycles. The van der Waals surface area contributed by atoms with E-state index in [2.05, 4.69) is 10.4 Å². The molecule has 10 nitrogen and oxygen atoms in total. The first kappa shape index (κ1) is 19.7. The Balaban J connectivity index is 2.74. The Hall–Kier alpha value is -2.33. The first-order chi connectivity index (χ1) is 11.1. The summed E-state index contributed by atoms with van der Waals surface area (Å²) in [5.74, 6) is -0.557. The minimum atomic E-state index is -1.44. The smallest absolute Gasteiger partial charge is 0.404 e. The maximum absolute atomic E-state index is 12.1. The normalized spacial score (nSPS) is 14.0. The molecule has 0 aliphatic heterocycles. The predicted octanol–water partition coefficient (Wildman–Crippen LogP) is -0.343. The molecule has 0 aliphatic carbocycles. The summed E-state index contributed by atoms with van der Waals surface area (Å²) in [7, 11) is 0. The van der Waals surface area contributed by atoms with Crippen molar-refractivity contribution >= 4 is 23.5 Å². The van der Waals surface area contributed by atoms with Crippen LogP contribution in [0.25, 0.3) is 0 Å². The Bertz CT molecular complexity index is 581. The number of anilines is 2. The van der Waals surface area contributed by atoms with E-state index in [0.29, 0.717) is 0 Å². The van der Waals surface area contributed by atoms with Crippen LogP contribution in [0.1, 0.15) is 27.2 Å². The number of rotatable bonds is 7. The molecular weight excluding hydrogens is 318 g/mol. The molecule has 2 atom stereocenters. The van der Waals surface area contributed by atoms with Crippen LogP contribution in [-0.2, 0) is 16.1 Å². The van der Waals surface area contributed by atoms with Gasteiger partial charge in [-0.1, -0.05) is 20.8 Å². The lowest BCUT2D eigenvalue weighted by Gasteiger charge is -2.30. The van der Waals surface area contributed by atoms with Gasteiger partial charge in [-0.05, 0) is 5.41 Å². The number of aliphatic hydroxyl groups excluding tert-OH is 2. The first-order valence-corrected chi connectivity index (χ1v) is 7.43. The quantitative estimate of drug-likeness (QED) is 0.451. The van der Waals surface area contributed by atoms with Crippen LogP contribution >= 0.6 is 0 Å². The lowest BCUT2D eigenvalue weighted by Crippen LogP contribution is -2.40. The molecule has 10 heteroatoms. The predicted molar refractivity (Wildman–Crippen MR) is 86.9 cm³/mol. The third-order valence-electron chi connectivity index (χ3n) is 3.41. The highest BCUT2D eigenvalue weighted by Gasteiger charge is 2.32. The summed E-state index contributed by atoms with van der Waals surface area (Å²) in [5, 5.41) is 25.3. The number of hydrogen-bond donors (Lipinski definition) is 5. The van der Waals surface area contributed by atoms with E-state index >= 15 is 0 Å². The zero-order chi connectivity index (χ0) is 18.5. The summed E-state index contributed by atoms with van der Waals surface area (Å²) in [5.41, 5.74) is 10.5. The van der Waals surface area contributed by atoms with Crippen LogP contribution in [0.15, 0.2) is 6.20 Å². The molecule has 136 valence electrons. The standard InChI is InChI=1S/C14H25N5O5/c1-14(2,3)10(24-13(16)23)6-9(21)12(22)18-8-7-17-19(4-5-20)11(8)15/h7,9-10,20-21H,4-6,15H2,1-3H3,(H2,16,23)(H,18,22)/t9-,10?/m0/s1. The van der Waals surface area contributed by atoms with Crippen LogP contribution in [0.4, 0.5) is 16.3 Å². The molecule has 1 unspecified atom stereocenters. The molecule has 0 aromatic carbocycles. The SMILES string of the molecule is CC(C)(C)C(C[C@H](O)C(=O)Nc1cnn(CCO)c1N)OC(N)=O. The topological polar surface area (TPSA) is 166 Å². The Morgan fingerprint density at radius 1 is 1.46 bits per heavy atom. The van der Waals surface area contributed by atoms with Crippen LogP contribution < -0.4 is 16.8 Å². The molecule has 0 radical (unpaired) electrons. The molecular formula is C14H25N5O5. The van der Waals surface area contributed by atoms with Crippen LogP contribution in [0, 0.1) is 5.41 Å². The van der Waals surface area contributed by atoms with Gasteiger partial charge in [0.25, 0.3) is 5.91 Å². The minimum absolute atomic E-state index is 0.122. The second-order valence-electron chi connectivity index (χ2n) is 6.42. The highest BCUT2D eigenvalue weighted by Crippen LogP contribution is 2.26. The summed E-state index contributed by atoms with van der Waals surface area (Å²) < 4.78 is 6.29. The fourth-order valence-corrected chi connectivity index (χ4v) is 2.01. The highest BCUT2D eigenvalue weighted by atomic mass is 16.6. The maximum Gasteiger partial charge on any atom is 0.404 e. The van der Waals surface area contributed by atoms with E-state index in [-0.39, 0.29) is 31.1 Å². The number of hydrogen-bond acceptors (Lipinski definition) is 7. The lowest BCUT2D eigenvalue weighted by molar-refractivity contribution is -0.126. The van der Waals surface area contributed by atoms with Crippen molar-refractivity contribution in [2.75, 3.05) is 17.7 Å². The Morgan fingerprint density at radius 3 is 2.58 bits per heavy atom. The van der Waals surface area contributed by atoms with Crippen molar-refractivity contribution in [1.82, 2.24) is 9.78 Å². The van der Waals surface area contributed by atoms with E-state index in [4.69, 9.17) is 21.3 Å². The van der Waals surface area contributed by atoms with Crippen molar-refractivity contribution in [3.63, 3.8) is 0 Å². The van der Waals surface area contributed by atoms with Gasteiger partial charge < -0.3 is 31.7 Å². The van der Waals surface area contributed by atoms with Crippen molar-refractivity contribution in [3.05, 3.63) is 6.20 Å². The molecule has 0 saturated heterocycles. The second kappa shape index (κ2) is 7.97. The van der Waals surface area contributed by atoms with E-state index in [1.165, 1.54) is 10.9 Å². The number of carbonyl (C=O) groups excluding carboxylic acids is 2. The monoisotopic (exact) mass is 343 g/mol. The van der Waals surface area contributed by atoms with Gasteiger partial charge in [0.15, 0.2) is 0 Å². The molecule has 0 spiro atoms. The van der Waals surface area contributed by atoms with Crippen molar-refractivity contribution < 1.29 is 24.5 Å². The number of nitrogen functional groups attached to an aromatic ring is 1. The number of aromatic nitrogens is 2. The van der Waals surface area contributed by atoms with Gasteiger partial charge in [0.2, 0.25) is 0 Å². The molecule has 1 aromatic rings. The summed E-state index contributed by atoms with van der Waals surface area (Å²) >= 11 is 0. The van der Waals surface area contributed by atoms with E-state index in [1.54, 1.807) is 20.8 Å². The number of nitrogens with two attached hydrogens (primary N) is 2. The van der Waals surface area contributed by atoms with Crippen molar-refractivity contribution in [3.8, 4) is 0 Å². The fourth-order valence-electron chi connectivity index (χ4n) is 2.01. The first-order valence-electron chi connectivity index (χ1n) is 7.43. The van der Waals surface area contributed by atoms with Crippen LogP contribution in [0.5, 0.6) is 0 Å². The average Bonchev–Trinajstić information content (AvgIpc) is 2.78. The molecule has 0 fully saturated rings. The fraction of sp³-hybridized carbons (Fsp3) is 0.643. The third-order valence-corrected chi connectivity index (χ3v) is 3.41. The number of carbonyl (C=O) groups is 2. The lowest BCUT2D eigenvalue weighted by atomic mass is 9.85. The van der Waals surface area contributed by atoms with Crippen molar-refractivity contribution in [2.24, 2.45) is 11.1 Å². The Kier molecular flexibility index (Phi) is 6.55. The summed E-state index contributed by atoms with van der Waals surface area (Å²) in [6.45, 7) is 5.41. The number of nitrogens with zero attached hydrogens (tertiary/aromatic N) is 2. The number of nitrogens with one attached hydrogen (secondary N) is 1. The third kappa shape index (κ3) is 5.39. The Labute approximate surface area is 139 Å². The largest absolute Gasteiger partial charge is 0.446 e. The van der Waals surface area contributed by atoms with E-state index in [1.807, 2.05) is 0 Å². The zero-order valence-corrected chi connectivity index (χ0v) is 14.0. The van der Waals surface area contributed by atoms with Crippen LogP contribution in [-0.4, -0.2) is 50.8 Å². The van der Waals surface area contributed by atoms with Gasteiger partial charge in [0, 0.05) is 6.42 Å². The summed E-state index contributed by atoms with van der Waals surface area (Å²) in [4.78, 5) is 23.1. The van der Waals surface area contributed by atoms with Gasteiger partial charge in [-0.25, -0.2) is 9.48 Å². The van der Waals surface area contributed by atoms with Crippen LogP contribution in [0.3, 0.4) is 0 Å². The van der Waals surface area contributed by atoms with Gasteiger partial charge in [-0.15, -0.1) is 0 Å². The second-order valence-corrected chi connectivity index (χ2v) is 6.42. The van der Waals surface area contributed by atoms with Gasteiger partial charge in [-0.3, -0.25) is 4.79 Å². The number of aliphatic hydroxyl groups is 2. The Morgan fingerprint density at radius 2 is 2.08 bits per heavy atom. The molecule has 2 amide bonds. The molecule has 7 N–H and O–H groups in total. The molecule has 0 bridgehead atoms. The molecule has 1 rings (SSSR count). The van der Waals surface area contributed by atoms with Gasteiger partial charge in [0.1, 0.15) is 23.7 Å². The van der Waals surface area contributed by atoms with Gasteiger partial charge in [-0.2, -0.15) is 5.10 Å². The van der Waals surface area contributed by atoms with Crippen molar-refractivity contribution in [1.29, 1.82) is 0 Å². The number of ether oxygens (including phenoxy) is 1. The molecule has 1 heterocycles. The van der Waals surface area contributed by atoms with Gasteiger partial charge >= 0.3 is 6.09 Å². The van der Waals surface area contributed by atoms with Crippen LogP contribution in [0.2, 0.25) is 0 Å². The average molecular weight is 343 g/mol. The maximum atomic E-state index is 12.1. The summed E-state index contributed by atoms with van der Waals surface area (Å²) in [6, 6.07) is 0. The summed E-state index contributed by atoms with van der Waals surface area (Å²) in [6.07, 6.45) is -1.96. The van der Waals surface area contributed by atoms with Crippen molar-refractivity contribution in [2.45, 2.75) is 45.9 Å². The zero-order valence-electron chi connectivity index (χ0n) is 14.0. The van der Waals surface area contributed by atoms with Gasteiger partial charge in [0.05, 0.1) is 19.3 Å². The van der Waals surface area contributed by atoms with E-state index < -0.39 is 29.6 Å². The molecule has 24 heavy (non-hydrogen) atoms. The number of primary amides is 1. The molecule has 1 aromatic heterocycles.